The molecule has 0 heterocycles. The third-order valence-electron chi connectivity index (χ3n) is 3.53. The average Bonchev–Trinajstić information content (AvgIpc) is 2.55. The van der Waals surface area contributed by atoms with Crippen LogP contribution < -0.4 is 0 Å². The fourth-order valence-electron chi connectivity index (χ4n) is 2.48. The molecular weight excluding hydrogens is 296 g/mol. The molecule has 3 aromatic rings. The van der Waals surface area contributed by atoms with E-state index in [1.807, 2.05) is 42.5 Å². The highest BCUT2D eigenvalue weighted by molar-refractivity contribution is 7.84. The fourth-order valence-corrected chi connectivity index (χ4v) is 3.80. The van der Waals surface area contributed by atoms with Gasteiger partial charge in [0.15, 0.2) is 0 Å². The van der Waals surface area contributed by atoms with Gasteiger partial charge in [0.1, 0.15) is 0 Å². The van der Waals surface area contributed by atoms with Crippen molar-refractivity contribution in [1.29, 1.82) is 0 Å². The van der Waals surface area contributed by atoms with Gasteiger partial charge < -0.3 is 5.11 Å². The van der Waals surface area contributed by atoms with Crippen molar-refractivity contribution in [2.45, 2.75) is 10.6 Å². The Kier molecular flexibility index (Phi) is 4.02. The largest absolute Gasteiger partial charge is 0.478 e. The van der Waals surface area contributed by atoms with Crippen LogP contribution in [0.1, 0.15) is 15.9 Å². The molecule has 110 valence electrons. The van der Waals surface area contributed by atoms with Crippen molar-refractivity contribution in [3.8, 4) is 0 Å². The molecule has 0 aliphatic heterocycles. The van der Waals surface area contributed by atoms with Crippen molar-refractivity contribution < 1.29 is 14.1 Å². The summed E-state index contributed by atoms with van der Waals surface area (Å²) < 4.78 is 12.6. The Bertz CT molecular complexity index is 866. The van der Waals surface area contributed by atoms with Crippen molar-refractivity contribution in [3.63, 3.8) is 0 Å². The second kappa shape index (κ2) is 6.12. The van der Waals surface area contributed by atoms with Gasteiger partial charge in [-0.15, -0.1) is 0 Å². The van der Waals surface area contributed by atoms with Crippen LogP contribution in [-0.2, 0) is 16.6 Å². The van der Waals surface area contributed by atoms with Gasteiger partial charge in [-0.05, 0) is 28.5 Å². The monoisotopic (exact) mass is 310 g/mol. The van der Waals surface area contributed by atoms with E-state index in [1.54, 1.807) is 18.2 Å². The van der Waals surface area contributed by atoms with Gasteiger partial charge in [-0.1, -0.05) is 54.6 Å². The molecule has 0 fully saturated rings. The molecule has 3 nitrogen and oxygen atoms in total. The SMILES string of the molecule is O=C(O)c1ccccc1S(=O)Cc1cccc2ccccc12. The van der Waals surface area contributed by atoms with Crippen LogP contribution in [0, 0.1) is 0 Å². The fraction of sp³-hybridized carbons (Fsp3) is 0.0556. The molecule has 0 bridgehead atoms. The van der Waals surface area contributed by atoms with Crippen molar-refractivity contribution in [2.75, 3.05) is 0 Å². The first-order valence-electron chi connectivity index (χ1n) is 6.84. The molecule has 1 atom stereocenters. The van der Waals surface area contributed by atoms with Crippen LogP contribution in [0.2, 0.25) is 0 Å². The Morgan fingerprint density at radius 3 is 2.41 bits per heavy atom. The van der Waals surface area contributed by atoms with Gasteiger partial charge in [-0.3, -0.25) is 4.21 Å². The molecule has 0 amide bonds. The first-order chi connectivity index (χ1) is 10.7. The van der Waals surface area contributed by atoms with E-state index in [9.17, 15) is 14.1 Å². The Balaban J connectivity index is 1.99. The Hall–Kier alpha value is -2.46. The van der Waals surface area contributed by atoms with Gasteiger partial charge in [-0.25, -0.2) is 4.79 Å². The minimum absolute atomic E-state index is 0.0982. The Labute approximate surface area is 130 Å². The summed E-state index contributed by atoms with van der Waals surface area (Å²) in [5, 5.41) is 11.4. The molecule has 0 radical (unpaired) electrons. The summed E-state index contributed by atoms with van der Waals surface area (Å²) in [5.41, 5.74) is 1.05. The van der Waals surface area contributed by atoms with Crippen LogP contribution in [-0.4, -0.2) is 15.3 Å². The van der Waals surface area contributed by atoms with E-state index < -0.39 is 16.8 Å². The summed E-state index contributed by atoms with van der Waals surface area (Å²) in [5.74, 6) is -0.757. The van der Waals surface area contributed by atoms with Crippen LogP contribution in [0.5, 0.6) is 0 Å². The van der Waals surface area contributed by atoms with E-state index in [1.165, 1.54) is 6.07 Å². The number of benzene rings is 3. The molecule has 0 aromatic heterocycles. The van der Waals surface area contributed by atoms with Crippen LogP contribution in [0.15, 0.2) is 71.6 Å². The number of aromatic carboxylic acids is 1. The standard InChI is InChI=1S/C18H14O3S/c19-18(20)16-10-3-4-11-17(16)22(21)12-14-8-5-7-13-6-1-2-9-15(13)14/h1-11H,12H2,(H,19,20). The molecule has 0 saturated heterocycles. The average molecular weight is 310 g/mol. The zero-order valence-corrected chi connectivity index (χ0v) is 12.5. The lowest BCUT2D eigenvalue weighted by Gasteiger charge is -2.08. The summed E-state index contributed by atoms with van der Waals surface area (Å²) in [6.45, 7) is 0. The van der Waals surface area contributed by atoms with Crippen LogP contribution in [0.3, 0.4) is 0 Å². The smallest absolute Gasteiger partial charge is 0.336 e. The Morgan fingerprint density at radius 2 is 1.59 bits per heavy atom. The summed E-state index contributed by atoms with van der Waals surface area (Å²) in [7, 11) is -1.40. The molecule has 0 spiro atoms. The zero-order chi connectivity index (χ0) is 15.5. The maximum atomic E-state index is 12.6. The number of carbonyl (C=O) groups is 1. The lowest BCUT2D eigenvalue weighted by molar-refractivity contribution is 0.0693. The topological polar surface area (TPSA) is 54.4 Å². The van der Waals surface area contributed by atoms with Crippen molar-refractivity contribution >= 4 is 27.5 Å². The third kappa shape index (κ3) is 2.78. The molecule has 0 aliphatic carbocycles. The van der Waals surface area contributed by atoms with E-state index in [-0.39, 0.29) is 5.56 Å². The summed E-state index contributed by atoms with van der Waals surface area (Å²) in [6, 6.07) is 20.2. The molecule has 1 unspecified atom stereocenters. The molecule has 4 heteroatoms. The first kappa shape index (κ1) is 14.5. The predicted octanol–water partition coefficient (Wildman–Crippen LogP) is 3.85. The van der Waals surface area contributed by atoms with E-state index in [4.69, 9.17) is 0 Å². The van der Waals surface area contributed by atoms with Crippen LogP contribution >= 0.6 is 0 Å². The van der Waals surface area contributed by atoms with Crippen molar-refractivity contribution in [2.24, 2.45) is 0 Å². The lowest BCUT2D eigenvalue weighted by Crippen LogP contribution is -2.06. The normalized spacial score (nSPS) is 12.2. The maximum absolute atomic E-state index is 12.6. The van der Waals surface area contributed by atoms with E-state index in [2.05, 4.69) is 0 Å². The van der Waals surface area contributed by atoms with Gasteiger partial charge in [0.25, 0.3) is 0 Å². The molecule has 3 rings (SSSR count). The number of carboxylic acid groups (broad SMARTS) is 1. The van der Waals surface area contributed by atoms with Gasteiger partial charge >= 0.3 is 5.97 Å². The molecule has 3 aromatic carbocycles. The second-order valence-corrected chi connectivity index (χ2v) is 6.35. The number of hydrogen-bond donors (Lipinski definition) is 1. The number of carboxylic acids is 1. The molecule has 0 aliphatic rings. The molecule has 0 saturated carbocycles. The number of fused-ring (bicyclic) bond motifs is 1. The summed E-state index contributed by atoms with van der Waals surface area (Å²) in [6.07, 6.45) is 0. The molecular formula is C18H14O3S. The molecule has 1 N–H and O–H groups in total. The Morgan fingerprint density at radius 1 is 0.909 bits per heavy atom. The summed E-state index contributed by atoms with van der Waals surface area (Å²) in [4.78, 5) is 11.6. The highest BCUT2D eigenvalue weighted by Crippen LogP contribution is 2.23. The highest BCUT2D eigenvalue weighted by Gasteiger charge is 2.15. The summed E-state index contributed by atoms with van der Waals surface area (Å²) >= 11 is 0. The third-order valence-corrected chi connectivity index (χ3v) is 4.95. The van der Waals surface area contributed by atoms with Crippen LogP contribution in [0.4, 0.5) is 0 Å². The van der Waals surface area contributed by atoms with Crippen molar-refractivity contribution in [3.05, 3.63) is 77.9 Å². The van der Waals surface area contributed by atoms with E-state index in [0.29, 0.717) is 10.6 Å². The number of hydrogen-bond acceptors (Lipinski definition) is 2. The minimum atomic E-state index is -1.40. The second-order valence-electron chi connectivity index (χ2n) is 4.93. The van der Waals surface area contributed by atoms with Gasteiger partial charge in [0.2, 0.25) is 0 Å². The first-order valence-corrected chi connectivity index (χ1v) is 8.16. The van der Waals surface area contributed by atoms with Gasteiger partial charge in [-0.2, -0.15) is 0 Å². The lowest BCUT2D eigenvalue weighted by atomic mass is 10.1. The predicted molar refractivity (Wildman–Crippen MR) is 87.5 cm³/mol. The highest BCUT2D eigenvalue weighted by atomic mass is 32.2. The van der Waals surface area contributed by atoms with Gasteiger partial charge in [0, 0.05) is 0 Å². The quantitative estimate of drug-likeness (QED) is 0.796. The number of rotatable bonds is 4. The van der Waals surface area contributed by atoms with Crippen molar-refractivity contribution in [1.82, 2.24) is 0 Å². The maximum Gasteiger partial charge on any atom is 0.336 e. The van der Waals surface area contributed by atoms with Gasteiger partial charge in [0.05, 0.1) is 27.0 Å². The minimum Gasteiger partial charge on any atom is -0.478 e. The zero-order valence-electron chi connectivity index (χ0n) is 11.7. The van der Waals surface area contributed by atoms with Crippen LogP contribution in [0.25, 0.3) is 10.8 Å². The molecule has 22 heavy (non-hydrogen) atoms. The van der Waals surface area contributed by atoms with E-state index in [0.717, 1.165) is 16.3 Å². The van der Waals surface area contributed by atoms with E-state index >= 15 is 0 Å².